The Kier molecular flexibility index (Phi) is 3.21. The molecule has 0 amide bonds. The van der Waals surface area contributed by atoms with Gasteiger partial charge in [-0.3, -0.25) is 0 Å². The van der Waals surface area contributed by atoms with E-state index in [2.05, 4.69) is 0 Å². The highest BCUT2D eigenvalue weighted by atomic mass is 35.5. The summed E-state index contributed by atoms with van der Waals surface area (Å²) in [5, 5.41) is 0.566. The van der Waals surface area contributed by atoms with E-state index in [0.717, 1.165) is 3.97 Å². The van der Waals surface area contributed by atoms with E-state index < -0.39 is 10.0 Å². The molecule has 0 unspecified atom stereocenters. The monoisotopic (exact) mass is 289 g/mol. The molecule has 6 heteroatoms. The Morgan fingerprint density at radius 2 is 1.65 bits per heavy atom. The summed E-state index contributed by atoms with van der Waals surface area (Å²) in [5.41, 5.74) is 0.668. The van der Waals surface area contributed by atoms with E-state index in [4.69, 9.17) is 23.2 Å². The molecule has 0 spiro atoms. The van der Waals surface area contributed by atoms with Gasteiger partial charge in [0.15, 0.2) is 0 Å². The minimum absolute atomic E-state index is 0.0530. The Labute approximate surface area is 110 Å². The first kappa shape index (κ1) is 12.5. The standard InChI is InChI=1S/C11H9Cl2NO2S/c1-8-6-11(10(13)7-9(8)12)17(15,16)14-4-2-3-5-14/h2-7H,1H3. The molecule has 17 heavy (non-hydrogen) atoms. The molecule has 2 aromatic rings. The maximum Gasteiger partial charge on any atom is 0.269 e. The fourth-order valence-electron chi connectivity index (χ4n) is 1.42. The van der Waals surface area contributed by atoms with Crippen molar-refractivity contribution in [2.75, 3.05) is 0 Å². The first-order chi connectivity index (χ1) is 7.93. The van der Waals surface area contributed by atoms with E-state index >= 15 is 0 Å². The summed E-state index contributed by atoms with van der Waals surface area (Å²) in [4.78, 5) is 0.0530. The zero-order valence-electron chi connectivity index (χ0n) is 8.89. The van der Waals surface area contributed by atoms with Crippen molar-refractivity contribution in [3.8, 4) is 0 Å². The molecule has 0 aliphatic rings. The van der Waals surface area contributed by atoms with Crippen molar-refractivity contribution < 1.29 is 8.42 Å². The molecule has 0 saturated heterocycles. The van der Waals surface area contributed by atoms with Crippen LogP contribution in [0.1, 0.15) is 5.56 Å². The molecule has 0 aliphatic carbocycles. The Balaban J connectivity index is 2.67. The number of aryl methyl sites for hydroxylation is 1. The van der Waals surface area contributed by atoms with Crippen LogP contribution in [0.25, 0.3) is 0 Å². The van der Waals surface area contributed by atoms with E-state index in [1.54, 1.807) is 19.1 Å². The number of hydrogen-bond acceptors (Lipinski definition) is 2. The van der Waals surface area contributed by atoms with Crippen LogP contribution in [0.2, 0.25) is 10.0 Å². The van der Waals surface area contributed by atoms with E-state index in [0.29, 0.717) is 10.6 Å². The Bertz CT molecular complexity index is 648. The normalized spacial score (nSPS) is 11.7. The van der Waals surface area contributed by atoms with Gasteiger partial charge in [0.25, 0.3) is 10.0 Å². The summed E-state index contributed by atoms with van der Waals surface area (Å²) < 4.78 is 25.5. The number of halogens is 2. The second-order valence-corrected chi connectivity index (χ2v) is 6.18. The van der Waals surface area contributed by atoms with Gasteiger partial charge in [0.05, 0.1) is 5.02 Å². The molecule has 1 aromatic heterocycles. The molecule has 0 saturated carbocycles. The highest BCUT2D eigenvalue weighted by molar-refractivity contribution is 7.90. The quantitative estimate of drug-likeness (QED) is 0.851. The number of benzene rings is 1. The third-order valence-corrected chi connectivity index (χ3v) is 4.87. The average Bonchev–Trinajstić information content (AvgIpc) is 2.77. The second-order valence-electron chi connectivity index (χ2n) is 3.55. The third kappa shape index (κ3) is 2.20. The Hall–Kier alpha value is -0.970. The highest BCUT2D eigenvalue weighted by Crippen LogP contribution is 2.29. The van der Waals surface area contributed by atoms with Crippen molar-refractivity contribution in [2.45, 2.75) is 11.8 Å². The molecule has 0 fully saturated rings. The SMILES string of the molecule is Cc1cc(S(=O)(=O)n2cccc2)c(Cl)cc1Cl. The van der Waals surface area contributed by atoms with Crippen LogP contribution in [0.4, 0.5) is 0 Å². The molecule has 0 N–H and O–H groups in total. The van der Waals surface area contributed by atoms with Gasteiger partial charge < -0.3 is 0 Å². The molecule has 90 valence electrons. The molecule has 1 heterocycles. The smallest absolute Gasteiger partial charge is 0.249 e. The molecular weight excluding hydrogens is 281 g/mol. The van der Waals surface area contributed by atoms with Crippen LogP contribution in [0.5, 0.6) is 0 Å². The van der Waals surface area contributed by atoms with Crippen molar-refractivity contribution in [3.05, 3.63) is 52.3 Å². The third-order valence-electron chi connectivity index (χ3n) is 2.35. The number of hydrogen-bond donors (Lipinski definition) is 0. The van der Waals surface area contributed by atoms with Crippen LogP contribution >= 0.6 is 23.2 Å². The molecule has 2 rings (SSSR count). The summed E-state index contributed by atoms with van der Waals surface area (Å²) in [5.74, 6) is 0. The van der Waals surface area contributed by atoms with Crippen LogP contribution in [-0.2, 0) is 10.0 Å². The molecule has 0 aliphatic heterocycles. The number of nitrogens with zero attached hydrogens (tertiary/aromatic N) is 1. The van der Waals surface area contributed by atoms with Crippen molar-refractivity contribution in [1.29, 1.82) is 0 Å². The van der Waals surface area contributed by atoms with Gasteiger partial charge in [-0.2, -0.15) is 0 Å². The average molecular weight is 290 g/mol. The van der Waals surface area contributed by atoms with Crippen LogP contribution in [0.15, 0.2) is 41.6 Å². The lowest BCUT2D eigenvalue weighted by Gasteiger charge is -2.09. The summed E-state index contributed by atoms with van der Waals surface area (Å²) in [6.45, 7) is 1.73. The van der Waals surface area contributed by atoms with Gasteiger partial charge in [-0.05, 0) is 36.8 Å². The topological polar surface area (TPSA) is 39.1 Å². The lowest BCUT2D eigenvalue weighted by molar-refractivity contribution is 0.587. The maximum absolute atomic E-state index is 12.2. The predicted octanol–water partition coefficient (Wildman–Crippen LogP) is 3.34. The maximum atomic E-state index is 12.2. The van der Waals surface area contributed by atoms with Crippen LogP contribution in [-0.4, -0.2) is 12.4 Å². The van der Waals surface area contributed by atoms with Gasteiger partial charge >= 0.3 is 0 Å². The molecule has 0 radical (unpaired) electrons. The van der Waals surface area contributed by atoms with Crippen molar-refractivity contribution in [1.82, 2.24) is 3.97 Å². The molecule has 0 atom stereocenters. The predicted molar refractivity (Wildman–Crippen MR) is 68.2 cm³/mol. The van der Waals surface area contributed by atoms with Gasteiger partial charge in [0.2, 0.25) is 0 Å². The lowest BCUT2D eigenvalue weighted by atomic mass is 10.2. The van der Waals surface area contributed by atoms with Crippen LogP contribution < -0.4 is 0 Å². The lowest BCUT2D eigenvalue weighted by Crippen LogP contribution is -2.11. The summed E-state index contributed by atoms with van der Waals surface area (Å²) in [6.07, 6.45) is 2.91. The molecular formula is C11H9Cl2NO2S. The van der Waals surface area contributed by atoms with E-state index in [1.165, 1.54) is 24.5 Å². The van der Waals surface area contributed by atoms with Crippen molar-refractivity contribution in [2.24, 2.45) is 0 Å². The summed E-state index contributed by atoms with van der Waals surface area (Å²) in [7, 11) is -3.64. The van der Waals surface area contributed by atoms with Gasteiger partial charge in [-0.1, -0.05) is 23.2 Å². The Morgan fingerprint density at radius 3 is 2.24 bits per heavy atom. The summed E-state index contributed by atoms with van der Waals surface area (Å²) in [6, 6.07) is 6.18. The first-order valence-electron chi connectivity index (χ1n) is 4.77. The van der Waals surface area contributed by atoms with Crippen LogP contribution in [0, 0.1) is 6.92 Å². The second kappa shape index (κ2) is 4.37. The fourth-order valence-corrected chi connectivity index (χ4v) is 3.42. The fraction of sp³-hybridized carbons (Fsp3) is 0.0909. The number of rotatable bonds is 2. The van der Waals surface area contributed by atoms with Gasteiger partial charge in [-0.15, -0.1) is 0 Å². The van der Waals surface area contributed by atoms with E-state index in [-0.39, 0.29) is 9.92 Å². The Morgan fingerprint density at radius 1 is 1.06 bits per heavy atom. The van der Waals surface area contributed by atoms with E-state index in [1.807, 2.05) is 0 Å². The van der Waals surface area contributed by atoms with E-state index in [9.17, 15) is 8.42 Å². The zero-order valence-corrected chi connectivity index (χ0v) is 11.2. The van der Waals surface area contributed by atoms with Gasteiger partial charge in [0, 0.05) is 17.4 Å². The van der Waals surface area contributed by atoms with Crippen LogP contribution in [0.3, 0.4) is 0 Å². The van der Waals surface area contributed by atoms with Crippen molar-refractivity contribution in [3.63, 3.8) is 0 Å². The highest BCUT2D eigenvalue weighted by Gasteiger charge is 2.20. The van der Waals surface area contributed by atoms with Gasteiger partial charge in [-0.25, -0.2) is 12.4 Å². The zero-order chi connectivity index (χ0) is 12.6. The molecule has 1 aromatic carbocycles. The largest absolute Gasteiger partial charge is 0.269 e. The first-order valence-corrected chi connectivity index (χ1v) is 6.97. The molecule has 0 bridgehead atoms. The minimum atomic E-state index is -3.64. The number of aromatic nitrogens is 1. The minimum Gasteiger partial charge on any atom is -0.249 e. The summed E-state index contributed by atoms with van der Waals surface area (Å²) >= 11 is 11.8. The van der Waals surface area contributed by atoms with Gasteiger partial charge in [0.1, 0.15) is 4.90 Å². The van der Waals surface area contributed by atoms with Crippen molar-refractivity contribution >= 4 is 33.2 Å². The molecule has 3 nitrogen and oxygen atoms in total.